The second-order valence-corrected chi connectivity index (χ2v) is 5.78. The molecule has 0 amide bonds. The van der Waals surface area contributed by atoms with Gasteiger partial charge in [0, 0.05) is 11.0 Å². The van der Waals surface area contributed by atoms with Crippen LogP contribution in [0.3, 0.4) is 0 Å². The van der Waals surface area contributed by atoms with Crippen molar-refractivity contribution < 1.29 is 0 Å². The molecule has 0 radical (unpaired) electrons. The molecule has 0 aliphatic carbocycles. The fourth-order valence-electron chi connectivity index (χ4n) is 2.24. The molecule has 2 aromatic carbocycles. The predicted octanol–water partition coefficient (Wildman–Crippen LogP) is 4.70. The van der Waals surface area contributed by atoms with Crippen molar-refractivity contribution in [3.05, 3.63) is 63.3 Å². The molecule has 0 aliphatic heterocycles. The second kappa shape index (κ2) is 5.31. The van der Waals surface area contributed by atoms with Crippen LogP contribution in [0.1, 0.15) is 5.56 Å². The molecule has 1 N–H and O–H groups in total. The van der Waals surface area contributed by atoms with E-state index < -0.39 is 0 Å². The highest BCUT2D eigenvalue weighted by atomic mass is 79.9. The molecule has 0 fully saturated rings. The Morgan fingerprint density at radius 3 is 2.68 bits per heavy atom. The summed E-state index contributed by atoms with van der Waals surface area (Å²) in [5.41, 5.74) is 3.56. The Kier molecular flexibility index (Phi) is 3.53. The molecule has 1 heterocycles. The van der Waals surface area contributed by atoms with Crippen molar-refractivity contribution in [2.45, 2.75) is 13.0 Å². The van der Waals surface area contributed by atoms with E-state index in [1.54, 1.807) is 0 Å². The highest BCUT2D eigenvalue weighted by molar-refractivity contribution is 9.10. The van der Waals surface area contributed by atoms with Gasteiger partial charge in [0.05, 0.1) is 11.0 Å². The van der Waals surface area contributed by atoms with Crippen LogP contribution < -0.4 is 0 Å². The Morgan fingerprint density at radius 1 is 1.11 bits per heavy atom. The summed E-state index contributed by atoms with van der Waals surface area (Å²) in [5, 5.41) is 0. The molecule has 0 unspecified atom stereocenters. The van der Waals surface area contributed by atoms with Gasteiger partial charge in [-0.3, -0.25) is 0 Å². The highest BCUT2D eigenvalue weighted by Crippen LogP contribution is 2.20. The third kappa shape index (κ3) is 2.65. The maximum Gasteiger partial charge on any atom is 0.178 e. The fourth-order valence-corrected chi connectivity index (χ4v) is 2.90. The van der Waals surface area contributed by atoms with Gasteiger partial charge in [0.25, 0.3) is 0 Å². The monoisotopic (exact) mass is 332 g/mol. The predicted molar refractivity (Wildman–Crippen MR) is 85.0 cm³/mol. The molecule has 0 spiro atoms. The van der Waals surface area contributed by atoms with Gasteiger partial charge >= 0.3 is 0 Å². The van der Waals surface area contributed by atoms with Crippen LogP contribution in [0.25, 0.3) is 11.0 Å². The minimum Gasteiger partial charge on any atom is -0.331 e. The summed E-state index contributed by atoms with van der Waals surface area (Å²) < 4.78 is 4.00. The summed E-state index contributed by atoms with van der Waals surface area (Å²) >= 11 is 8.88. The molecule has 0 saturated heterocycles. The van der Waals surface area contributed by atoms with Crippen molar-refractivity contribution in [3.8, 4) is 0 Å². The summed E-state index contributed by atoms with van der Waals surface area (Å²) in [5.74, 6) is 0. The zero-order valence-corrected chi connectivity index (χ0v) is 12.7. The first kappa shape index (κ1) is 12.6. The summed E-state index contributed by atoms with van der Waals surface area (Å²) in [6.07, 6.45) is 0.984. The number of benzene rings is 2. The zero-order valence-electron chi connectivity index (χ0n) is 10.3. The number of rotatable bonds is 3. The Morgan fingerprint density at radius 2 is 1.89 bits per heavy atom. The smallest absolute Gasteiger partial charge is 0.178 e. The van der Waals surface area contributed by atoms with Gasteiger partial charge in [-0.25, -0.2) is 0 Å². The maximum absolute atomic E-state index is 5.40. The Hall–Kier alpha value is -1.39. The molecule has 0 aliphatic rings. The van der Waals surface area contributed by atoms with Gasteiger partial charge < -0.3 is 9.55 Å². The van der Waals surface area contributed by atoms with Crippen molar-refractivity contribution >= 4 is 39.2 Å². The number of aromatic amines is 1. The lowest BCUT2D eigenvalue weighted by atomic mass is 10.1. The van der Waals surface area contributed by atoms with Crippen LogP contribution in [0.5, 0.6) is 0 Å². The van der Waals surface area contributed by atoms with Crippen LogP contribution in [0, 0.1) is 4.77 Å². The standard InChI is InChI=1S/C15H13BrN2S/c16-12-6-7-14-13(10-12)17-15(19)18(14)9-8-11-4-2-1-3-5-11/h1-7,10H,8-9H2,(H,17,19). The Balaban J connectivity index is 1.93. The number of aromatic nitrogens is 2. The van der Waals surface area contributed by atoms with Gasteiger partial charge in [-0.1, -0.05) is 46.3 Å². The molecule has 19 heavy (non-hydrogen) atoms. The summed E-state index contributed by atoms with van der Waals surface area (Å²) in [6, 6.07) is 16.7. The average molecular weight is 333 g/mol. The number of H-pyrrole nitrogens is 1. The van der Waals surface area contributed by atoms with Gasteiger partial charge in [-0.2, -0.15) is 0 Å². The summed E-state index contributed by atoms with van der Waals surface area (Å²) in [6.45, 7) is 0.893. The first-order valence-corrected chi connectivity index (χ1v) is 7.36. The van der Waals surface area contributed by atoms with Crippen LogP contribution in [0.4, 0.5) is 0 Å². The van der Waals surface area contributed by atoms with Gasteiger partial charge in [0.1, 0.15) is 0 Å². The van der Waals surface area contributed by atoms with Crippen molar-refractivity contribution in [2.75, 3.05) is 0 Å². The highest BCUT2D eigenvalue weighted by Gasteiger charge is 2.04. The first-order valence-electron chi connectivity index (χ1n) is 6.16. The Labute approximate surface area is 125 Å². The van der Waals surface area contributed by atoms with E-state index in [9.17, 15) is 0 Å². The Bertz CT molecular complexity index is 759. The van der Waals surface area contributed by atoms with E-state index >= 15 is 0 Å². The van der Waals surface area contributed by atoms with Crippen LogP contribution in [0.2, 0.25) is 0 Å². The lowest BCUT2D eigenvalue weighted by Gasteiger charge is -2.05. The van der Waals surface area contributed by atoms with E-state index in [1.165, 1.54) is 5.56 Å². The molecule has 2 nitrogen and oxygen atoms in total. The number of halogens is 1. The summed E-state index contributed by atoms with van der Waals surface area (Å²) in [4.78, 5) is 3.25. The zero-order chi connectivity index (χ0) is 13.2. The van der Waals surface area contributed by atoms with E-state index in [-0.39, 0.29) is 0 Å². The molecule has 3 aromatic rings. The van der Waals surface area contributed by atoms with Gasteiger partial charge in [-0.15, -0.1) is 0 Å². The lowest BCUT2D eigenvalue weighted by Crippen LogP contribution is -2.01. The third-order valence-electron chi connectivity index (χ3n) is 3.20. The number of hydrogen-bond acceptors (Lipinski definition) is 1. The maximum atomic E-state index is 5.40. The SMILES string of the molecule is S=c1[nH]c2cc(Br)ccc2n1CCc1ccccc1. The number of nitrogens with one attached hydrogen (secondary N) is 1. The lowest BCUT2D eigenvalue weighted by molar-refractivity contribution is 0.706. The van der Waals surface area contributed by atoms with Crippen molar-refractivity contribution in [3.63, 3.8) is 0 Å². The largest absolute Gasteiger partial charge is 0.331 e. The van der Waals surface area contributed by atoms with E-state index in [2.05, 4.69) is 61.9 Å². The van der Waals surface area contributed by atoms with Crippen molar-refractivity contribution in [1.29, 1.82) is 0 Å². The van der Waals surface area contributed by atoms with Gasteiger partial charge in [-0.05, 0) is 42.4 Å². The normalized spacial score (nSPS) is 11.0. The van der Waals surface area contributed by atoms with Crippen LogP contribution in [0.15, 0.2) is 53.0 Å². The molecular formula is C15H13BrN2S. The molecule has 1 aromatic heterocycles. The number of hydrogen-bond donors (Lipinski definition) is 1. The van der Waals surface area contributed by atoms with E-state index in [1.807, 2.05) is 12.1 Å². The molecule has 0 bridgehead atoms. The van der Waals surface area contributed by atoms with Crippen LogP contribution >= 0.6 is 28.1 Å². The number of nitrogens with zero attached hydrogens (tertiary/aromatic N) is 1. The fraction of sp³-hybridized carbons (Fsp3) is 0.133. The van der Waals surface area contributed by atoms with Gasteiger partial charge in [0.15, 0.2) is 4.77 Å². The molecule has 96 valence electrons. The third-order valence-corrected chi connectivity index (χ3v) is 4.02. The minimum absolute atomic E-state index is 0.782. The minimum atomic E-state index is 0.782. The quantitative estimate of drug-likeness (QED) is 0.689. The number of imidazole rings is 1. The average Bonchev–Trinajstić information content (AvgIpc) is 2.72. The van der Waals surface area contributed by atoms with Crippen LogP contribution in [-0.2, 0) is 13.0 Å². The number of aryl methyl sites for hydroxylation is 2. The van der Waals surface area contributed by atoms with E-state index in [0.29, 0.717) is 0 Å². The molecular weight excluding hydrogens is 320 g/mol. The van der Waals surface area contributed by atoms with Gasteiger partial charge in [0.2, 0.25) is 0 Å². The molecule has 0 atom stereocenters. The van der Waals surface area contributed by atoms with Crippen molar-refractivity contribution in [1.82, 2.24) is 9.55 Å². The topological polar surface area (TPSA) is 20.7 Å². The second-order valence-electron chi connectivity index (χ2n) is 4.48. The number of fused-ring (bicyclic) bond motifs is 1. The van der Waals surface area contributed by atoms with E-state index in [0.717, 1.165) is 33.2 Å². The van der Waals surface area contributed by atoms with Crippen LogP contribution in [-0.4, -0.2) is 9.55 Å². The molecule has 3 rings (SSSR count). The van der Waals surface area contributed by atoms with Crippen molar-refractivity contribution in [2.24, 2.45) is 0 Å². The molecule has 4 heteroatoms. The van der Waals surface area contributed by atoms with E-state index in [4.69, 9.17) is 12.2 Å². The first-order chi connectivity index (χ1) is 9.24. The summed E-state index contributed by atoms with van der Waals surface area (Å²) in [7, 11) is 0. The molecule has 0 saturated carbocycles.